The number of benzene rings is 3. The highest BCUT2D eigenvalue weighted by Gasteiger charge is 2.26. The van der Waals surface area contributed by atoms with E-state index in [-0.39, 0.29) is 11.7 Å². The first-order valence-electron chi connectivity index (χ1n) is 11.4. The summed E-state index contributed by atoms with van der Waals surface area (Å²) in [6.45, 7) is 0. The first-order chi connectivity index (χ1) is 17.1. The Hall–Kier alpha value is -3.91. The van der Waals surface area contributed by atoms with E-state index in [1.807, 2.05) is 23.6 Å². The Morgan fingerprint density at radius 2 is 1.86 bits per heavy atom. The minimum atomic E-state index is -0.390. The zero-order valence-corrected chi connectivity index (χ0v) is 20.3. The molecule has 0 N–H and O–H groups in total. The average molecular weight is 488 g/mol. The summed E-state index contributed by atoms with van der Waals surface area (Å²) in [4.78, 5) is 16.8. The maximum Gasteiger partial charge on any atom is 0.294 e. The highest BCUT2D eigenvalue weighted by atomic mass is 32.1. The van der Waals surface area contributed by atoms with Gasteiger partial charge in [-0.2, -0.15) is 0 Å². The summed E-state index contributed by atoms with van der Waals surface area (Å²) in [5.41, 5.74) is 4.71. The van der Waals surface area contributed by atoms with Gasteiger partial charge in [-0.05, 0) is 54.7 Å². The van der Waals surface area contributed by atoms with Gasteiger partial charge in [-0.1, -0.05) is 36.4 Å². The van der Waals surface area contributed by atoms with Crippen molar-refractivity contribution in [1.29, 1.82) is 0 Å². The van der Waals surface area contributed by atoms with Crippen LogP contribution >= 0.6 is 11.3 Å². The zero-order chi connectivity index (χ0) is 24.4. The molecule has 0 bridgehead atoms. The molecule has 0 saturated heterocycles. The van der Waals surface area contributed by atoms with Crippen LogP contribution in [-0.4, -0.2) is 23.7 Å². The molecule has 1 aromatic heterocycles. The Bertz CT molecular complexity index is 1460. The van der Waals surface area contributed by atoms with Gasteiger partial charge in [-0.3, -0.25) is 10.1 Å². The SMILES string of the molecule is COc1ccc(OC)c(-c2csc(=Nc3ccccc3[N+](=O)[O-])n2C2CCCc3ccccc32)c1. The smallest absolute Gasteiger partial charge is 0.294 e. The van der Waals surface area contributed by atoms with Gasteiger partial charge in [0, 0.05) is 17.0 Å². The molecule has 35 heavy (non-hydrogen) atoms. The van der Waals surface area contributed by atoms with Crippen LogP contribution in [0, 0.1) is 10.1 Å². The summed E-state index contributed by atoms with van der Waals surface area (Å²) in [5, 5.41) is 13.7. The van der Waals surface area contributed by atoms with Crippen molar-refractivity contribution in [3.05, 3.63) is 98.2 Å². The van der Waals surface area contributed by atoms with Crippen molar-refractivity contribution in [3.8, 4) is 22.8 Å². The molecule has 0 aliphatic heterocycles. The molecule has 0 amide bonds. The quantitative estimate of drug-likeness (QED) is 0.236. The normalized spacial score (nSPS) is 15.5. The Morgan fingerprint density at radius 3 is 2.66 bits per heavy atom. The summed E-state index contributed by atoms with van der Waals surface area (Å²) in [6, 6.07) is 20.8. The molecular formula is C27H25N3O4S. The van der Waals surface area contributed by atoms with Crippen LogP contribution in [0.4, 0.5) is 11.4 Å². The number of para-hydroxylation sites is 2. The summed E-state index contributed by atoms with van der Waals surface area (Å²) in [5.74, 6) is 1.44. The number of aryl methyl sites for hydroxylation is 1. The molecular weight excluding hydrogens is 462 g/mol. The summed E-state index contributed by atoms with van der Waals surface area (Å²) in [7, 11) is 3.29. The van der Waals surface area contributed by atoms with E-state index >= 15 is 0 Å². The van der Waals surface area contributed by atoms with E-state index in [0.29, 0.717) is 10.5 Å². The van der Waals surface area contributed by atoms with E-state index in [4.69, 9.17) is 14.5 Å². The summed E-state index contributed by atoms with van der Waals surface area (Å²) in [6.07, 6.45) is 3.02. The van der Waals surface area contributed by atoms with Crippen LogP contribution in [-0.2, 0) is 6.42 Å². The molecule has 8 heteroatoms. The fraction of sp³-hybridized carbons (Fsp3) is 0.222. The fourth-order valence-corrected chi connectivity index (χ4v) is 5.67. The van der Waals surface area contributed by atoms with Gasteiger partial charge in [0.05, 0.1) is 30.9 Å². The highest BCUT2D eigenvalue weighted by molar-refractivity contribution is 7.07. The molecule has 0 radical (unpaired) electrons. The second-order valence-electron chi connectivity index (χ2n) is 8.30. The molecule has 0 saturated carbocycles. The minimum absolute atomic E-state index is 0.0167. The fourth-order valence-electron chi connectivity index (χ4n) is 4.73. The number of rotatable bonds is 6. The van der Waals surface area contributed by atoms with Gasteiger partial charge in [0.1, 0.15) is 17.2 Å². The summed E-state index contributed by atoms with van der Waals surface area (Å²) >= 11 is 1.46. The molecule has 7 nitrogen and oxygen atoms in total. The lowest BCUT2D eigenvalue weighted by Gasteiger charge is -2.28. The minimum Gasteiger partial charge on any atom is -0.497 e. The molecule has 1 atom stereocenters. The largest absolute Gasteiger partial charge is 0.497 e. The average Bonchev–Trinajstić information content (AvgIpc) is 3.31. The Kier molecular flexibility index (Phi) is 6.37. The number of hydrogen-bond acceptors (Lipinski definition) is 6. The maximum absolute atomic E-state index is 11.7. The standard InChI is InChI=1S/C27H25N3O4S/c1-33-19-14-15-26(34-2)21(16-19)25-17-35-27(28-22-11-5-6-12-24(22)30(31)32)29(25)23-13-7-9-18-8-3-4-10-20(18)23/h3-6,8,10-12,14-17,23H,7,9,13H2,1-2H3. The van der Waals surface area contributed by atoms with E-state index in [1.165, 1.54) is 28.5 Å². The molecule has 0 spiro atoms. The molecule has 1 unspecified atom stereocenters. The van der Waals surface area contributed by atoms with Crippen LogP contribution in [0.15, 0.2) is 77.1 Å². The molecule has 0 fully saturated rings. The molecule has 1 aliphatic rings. The van der Waals surface area contributed by atoms with Gasteiger partial charge in [-0.15, -0.1) is 11.3 Å². The van der Waals surface area contributed by atoms with Crippen molar-refractivity contribution in [3.63, 3.8) is 0 Å². The van der Waals surface area contributed by atoms with Gasteiger partial charge < -0.3 is 14.0 Å². The Balaban J connectivity index is 1.79. The predicted octanol–water partition coefficient (Wildman–Crippen LogP) is 6.30. The molecule has 5 rings (SSSR count). The van der Waals surface area contributed by atoms with Gasteiger partial charge in [0.15, 0.2) is 4.80 Å². The van der Waals surface area contributed by atoms with Gasteiger partial charge >= 0.3 is 0 Å². The third-order valence-electron chi connectivity index (χ3n) is 6.37. The second-order valence-corrected chi connectivity index (χ2v) is 9.14. The van der Waals surface area contributed by atoms with Crippen LogP contribution in [0.25, 0.3) is 11.3 Å². The van der Waals surface area contributed by atoms with E-state index in [2.05, 4.69) is 28.8 Å². The third-order valence-corrected chi connectivity index (χ3v) is 7.21. The number of ether oxygens (including phenoxy) is 2. The lowest BCUT2D eigenvalue weighted by atomic mass is 9.87. The first kappa shape index (κ1) is 22.9. The number of nitro benzene ring substituents is 1. The van der Waals surface area contributed by atoms with Crippen molar-refractivity contribution in [2.75, 3.05) is 14.2 Å². The Labute approximate surface area is 207 Å². The van der Waals surface area contributed by atoms with Gasteiger partial charge in [0.25, 0.3) is 5.69 Å². The van der Waals surface area contributed by atoms with E-state index in [9.17, 15) is 10.1 Å². The van der Waals surface area contributed by atoms with Crippen LogP contribution in [0.3, 0.4) is 0 Å². The predicted molar refractivity (Wildman–Crippen MR) is 137 cm³/mol. The number of thiazole rings is 1. The van der Waals surface area contributed by atoms with Crippen molar-refractivity contribution in [1.82, 2.24) is 4.57 Å². The van der Waals surface area contributed by atoms with Crippen LogP contribution < -0.4 is 14.3 Å². The van der Waals surface area contributed by atoms with Gasteiger partial charge in [-0.25, -0.2) is 4.99 Å². The summed E-state index contributed by atoms with van der Waals surface area (Å²) < 4.78 is 13.4. The van der Waals surface area contributed by atoms with Crippen LogP contribution in [0.1, 0.15) is 30.0 Å². The van der Waals surface area contributed by atoms with E-state index < -0.39 is 4.92 Å². The molecule has 3 aromatic carbocycles. The highest BCUT2D eigenvalue weighted by Crippen LogP contribution is 2.39. The van der Waals surface area contributed by atoms with Crippen molar-refractivity contribution in [2.45, 2.75) is 25.3 Å². The van der Waals surface area contributed by atoms with Crippen LogP contribution in [0.2, 0.25) is 0 Å². The van der Waals surface area contributed by atoms with Gasteiger partial charge in [0.2, 0.25) is 0 Å². The van der Waals surface area contributed by atoms with Crippen molar-refractivity contribution >= 4 is 22.7 Å². The molecule has 4 aromatic rings. The Morgan fingerprint density at radius 1 is 1.06 bits per heavy atom. The maximum atomic E-state index is 11.7. The van der Waals surface area contributed by atoms with Crippen molar-refractivity contribution < 1.29 is 14.4 Å². The number of aromatic nitrogens is 1. The lowest BCUT2D eigenvalue weighted by molar-refractivity contribution is -0.384. The number of nitrogens with zero attached hydrogens (tertiary/aromatic N) is 3. The van der Waals surface area contributed by atoms with E-state index in [1.54, 1.807) is 32.4 Å². The van der Waals surface area contributed by atoms with Crippen molar-refractivity contribution in [2.24, 2.45) is 4.99 Å². The number of nitro groups is 1. The van der Waals surface area contributed by atoms with Crippen LogP contribution in [0.5, 0.6) is 11.5 Å². The molecule has 1 heterocycles. The lowest BCUT2D eigenvalue weighted by Crippen LogP contribution is -2.26. The number of methoxy groups -OCH3 is 2. The number of fused-ring (bicyclic) bond motifs is 1. The first-order valence-corrected chi connectivity index (χ1v) is 12.3. The monoisotopic (exact) mass is 487 g/mol. The van der Waals surface area contributed by atoms with E-state index in [0.717, 1.165) is 42.0 Å². The third kappa shape index (κ3) is 4.33. The number of hydrogen-bond donors (Lipinski definition) is 0. The molecule has 1 aliphatic carbocycles. The topological polar surface area (TPSA) is 78.9 Å². The second kappa shape index (κ2) is 9.76. The zero-order valence-electron chi connectivity index (χ0n) is 19.5. The molecule has 178 valence electrons.